The molecule has 0 saturated carbocycles. The molecular weight excluding hydrogens is 451 g/mol. The molecule has 0 aliphatic heterocycles. The fourth-order valence-electron chi connectivity index (χ4n) is 5.37. The van der Waals surface area contributed by atoms with Crippen molar-refractivity contribution in [2.24, 2.45) is 0 Å². The van der Waals surface area contributed by atoms with Crippen LogP contribution in [0.15, 0.2) is 133 Å². The standard InChI is InChI=1S/C35H29P/c1-2-26-21-22-27-13-9-11-19-32(27)34(26)35-29(24-23-28-14-10-12-20-33(28)35)25-36(30-15-5-3-6-16-30)31-17-7-4-8-18-31/h3-24H,2,25H2,1H3. The van der Waals surface area contributed by atoms with Gasteiger partial charge in [-0.3, -0.25) is 0 Å². The average molecular weight is 481 g/mol. The molecule has 6 aromatic carbocycles. The van der Waals surface area contributed by atoms with Gasteiger partial charge in [-0.05, 0) is 68.8 Å². The first-order valence-electron chi connectivity index (χ1n) is 12.7. The van der Waals surface area contributed by atoms with E-state index in [1.165, 1.54) is 54.4 Å². The minimum atomic E-state index is -0.546. The van der Waals surface area contributed by atoms with Gasteiger partial charge in [0.25, 0.3) is 0 Å². The van der Waals surface area contributed by atoms with E-state index in [1.807, 2.05) is 0 Å². The number of benzene rings is 6. The first-order chi connectivity index (χ1) is 17.8. The molecule has 0 unspecified atom stereocenters. The Kier molecular flexibility index (Phi) is 6.37. The molecule has 0 aliphatic rings. The topological polar surface area (TPSA) is 0 Å². The Morgan fingerprint density at radius 3 is 1.42 bits per heavy atom. The van der Waals surface area contributed by atoms with Gasteiger partial charge in [0, 0.05) is 6.16 Å². The third-order valence-electron chi connectivity index (χ3n) is 7.13. The molecule has 0 N–H and O–H groups in total. The summed E-state index contributed by atoms with van der Waals surface area (Å²) in [6, 6.07) is 49.2. The summed E-state index contributed by atoms with van der Waals surface area (Å²) in [5.41, 5.74) is 5.65. The van der Waals surface area contributed by atoms with Gasteiger partial charge in [-0.15, -0.1) is 0 Å². The zero-order chi connectivity index (χ0) is 24.3. The van der Waals surface area contributed by atoms with Crippen LogP contribution in [0, 0.1) is 0 Å². The smallest absolute Gasteiger partial charge is 0.00138 e. The molecule has 0 radical (unpaired) electrons. The van der Waals surface area contributed by atoms with E-state index in [9.17, 15) is 0 Å². The number of aryl methyl sites for hydroxylation is 1. The largest absolute Gasteiger partial charge is 0.0622 e. The summed E-state index contributed by atoms with van der Waals surface area (Å²) in [7, 11) is -0.546. The molecule has 6 rings (SSSR count). The summed E-state index contributed by atoms with van der Waals surface area (Å²) in [5, 5.41) is 8.14. The lowest BCUT2D eigenvalue weighted by atomic mass is 9.87. The molecule has 0 heterocycles. The van der Waals surface area contributed by atoms with Crippen LogP contribution in [0.25, 0.3) is 32.7 Å². The zero-order valence-corrected chi connectivity index (χ0v) is 21.5. The van der Waals surface area contributed by atoms with Crippen LogP contribution in [-0.4, -0.2) is 0 Å². The monoisotopic (exact) mass is 480 g/mol. The van der Waals surface area contributed by atoms with Crippen LogP contribution in [0.3, 0.4) is 0 Å². The van der Waals surface area contributed by atoms with Crippen LogP contribution >= 0.6 is 7.92 Å². The van der Waals surface area contributed by atoms with E-state index in [0.29, 0.717) is 0 Å². The molecular formula is C35H29P. The fourth-order valence-corrected chi connectivity index (χ4v) is 7.70. The van der Waals surface area contributed by atoms with Gasteiger partial charge in [0.15, 0.2) is 0 Å². The molecule has 0 nitrogen and oxygen atoms in total. The summed E-state index contributed by atoms with van der Waals surface area (Å²) >= 11 is 0. The molecule has 0 amide bonds. The predicted octanol–water partition coefficient (Wildman–Crippen LogP) is 8.86. The maximum absolute atomic E-state index is 2.39. The molecule has 6 aromatic rings. The predicted molar refractivity (Wildman–Crippen MR) is 159 cm³/mol. The highest BCUT2D eigenvalue weighted by Crippen LogP contribution is 2.45. The maximum atomic E-state index is 2.39. The van der Waals surface area contributed by atoms with Gasteiger partial charge in [-0.25, -0.2) is 0 Å². The summed E-state index contributed by atoms with van der Waals surface area (Å²) < 4.78 is 0. The van der Waals surface area contributed by atoms with Gasteiger partial charge < -0.3 is 0 Å². The normalized spacial score (nSPS) is 11.4. The van der Waals surface area contributed by atoms with Crippen LogP contribution in [0.4, 0.5) is 0 Å². The Morgan fingerprint density at radius 1 is 0.444 bits per heavy atom. The van der Waals surface area contributed by atoms with Gasteiger partial charge in [0.2, 0.25) is 0 Å². The second-order valence-corrected chi connectivity index (χ2v) is 11.5. The highest BCUT2D eigenvalue weighted by atomic mass is 31.1. The molecule has 0 fully saturated rings. The van der Waals surface area contributed by atoms with Crippen LogP contribution in [0.2, 0.25) is 0 Å². The number of hydrogen-bond acceptors (Lipinski definition) is 0. The van der Waals surface area contributed by atoms with Gasteiger partial charge in [0.05, 0.1) is 0 Å². The Hall–Kier alpha value is -3.73. The van der Waals surface area contributed by atoms with E-state index in [4.69, 9.17) is 0 Å². The molecule has 0 atom stereocenters. The molecule has 0 bridgehead atoms. The third-order valence-corrected chi connectivity index (χ3v) is 9.63. The first-order valence-corrected chi connectivity index (χ1v) is 14.3. The lowest BCUT2D eigenvalue weighted by Gasteiger charge is -2.23. The zero-order valence-electron chi connectivity index (χ0n) is 20.6. The van der Waals surface area contributed by atoms with E-state index in [2.05, 4.69) is 140 Å². The molecule has 36 heavy (non-hydrogen) atoms. The molecule has 0 saturated heterocycles. The highest BCUT2D eigenvalue weighted by molar-refractivity contribution is 7.72. The minimum absolute atomic E-state index is 0.546. The van der Waals surface area contributed by atoms with Crippen molar-refractivity contribution >= 4 is 40.1 Å². The van der Waals surface area contributed by atoms with Gasteiger partial charge in [-0.2, -0.15) is 0 Å². The Balaban J connectivity index is 1.63. The SMILES string of the molecule is CCc1ccc2ccccc2c1-c1c(CP(c2ccccc2)c2ccccc2)ccc2ccccc12. The van der Waals surface area contributed by atoms with Crippen molar-refractivity contribution in [1.29, 1.82) is 0 Å². The highest BCUT2D eigenvalue weighted by Gasteiger charge is 2.20. The number of rotatable bonds is 6. The molecule has 174 valence electrons. The van der Waals surface area contributed by atoms with Crippen LogP contribution in [0.1, 0.15) is 18.1 Å². The van der Waals surface area contributed by atoms with Crippen molar-refractivity contribution in [2.45, 2.75) is 19.5 Å². The summed E-state index contributed by atoms with van der Waals surface area (Å²) in [4.78, 5) is 0. The van der Waals surface area contributed by atoms with Crippen LogP contribution in [-0.2, 0) is 12.6 Å². The Bertz CT molecular complexity index is 1590. The average Bonchev–Trinajstić information content (AvgIpc) is 2.96. The van der Waals surface area contributed by atoms with Gasteiger partial charge in [-0.1, -0.05) is 140 Å². The Morgan fingerprint density at radius 2 is 0.889 bits per heavy atom. The van der Waals surface area contributed by atoms with E-state index in [0.717, 1.165) is 12.6 Å². The first kappa shape index (κ1) is 22.7. The van der Waals surface area contributed by atoms with Crippen molar-refractivity contribution in [1.82, 2.24) is 0 Å². The van der Waals surface area contributed by atoms with E-state index < -0.39 is 7.92 Å². The van der Waals surface area contributed by atoms with Crippen molar-refractivity contribution < 1.29 is 0 Å². The fraction of sp³-hybridized carbons (Fsp3) is 0.0857. The van der Waals surface area contributed by atoms with Gasteiger partial charge in [0.1, 0.15) is 0 Å². The van der Waals surface area contributed by atoms with E-state index in [1.54, 1.807) is 0 Å². The summed E-state index contributed by atoms with van der Waals surface area (Å²) in [6.45, 7) is 2.28. The quantitative estimate of drug-likeness (QED) is 0.209. The Labute approximate surface area is 215 Å². The summed E-state index contributed by atoms with van der Waals surface area (Å²) in [6.07, 6.45) is 2.02. The van der Waals surface area contributed by atoms with Crippen molar-refractivity contribution in [3.8, 4) is 11.1 Å². The van der Waals surface area contributed by atoms with Crippen LogP contribution < -0.4 is 10.6 Å². The molecule has 0 aromatic heterocycles. The van der Waals surface area contributed by atoms with Crippen LogP contribution in [0.5, 0.6) is 0 Å². The molecule has 1 heteroatoms. The lowest BCUT2D eigenvalue weighted by Crippen LogP contribution is -2.13. The molecule has 0 aliphatic carbocycles. The van der Waals surface area contributed by atoms with Crippen molar-refractivity contribution in [2.75, 3.05) is 0 Å². The maximum Gasteiger partial charge on any atom is 0.00138 e. The minimum Gasteiger partial charge on any atom is -0.0622 e. The number of fused-ring (bicyclic) bond motifs is 2. The van der Waals surface area contributed by atoms with Gasteiger partial charge >= 0.3 is 0 Å². The van der Waals surface area contributed by atoms with Crippen molar-refractivity contribution in [3.05, 3.63) is 145 Å². The molecule has 0 spiro atoms. The van der Waals surface area contributed by atoms with E-state index in [-0.39, 0.29) is 0 Å². The van der Waals surface area contributed by atoms with Crippen molar-refractivity contribution in [3.63, 3.8) is 0 Å². The number of hydrogen-bond donors (Lipinski definition) is 0. The second kappa shape index (κ2) is 10.1. The lowest BCUT2D eigenvalue weighted by molar-refractivity contribution is 1.15. The summed E-state index contributed by atoms with van der Waals surface area (Å²) in [5.74, 6) is 0. The third kappa shape index (κ3) is 4.23. The van der Waals surface area contributed by atoms with E-state index >= 15 is 0 Å². The second-order valence-electron chi connectivity index (χ2n) is 9.25.